The van der Waals surface area contributed by atoms with Crippen molar-refractivity contribution in [2.75, 3.05) is 12.4 Å². The molecular formula is C22H18N2O3S2. The van der Waals surface area contributed by atoms with Crippen molar-refractivity contribution < 1.29 is 13.2 Å². The Kier molecular flexibility index (Phi) is 5.19. The predicted molar refractivity (Wildman–Crippen MR) is 118 cm³/mol. The molecule has 0 atom stereocenters. The van der Waals surface area contributed by atoms with Crippen LogP contribution in [0.2, 0.25) is 0 Å². The lowest BCUT2D eigenvalue weighted by molar-refractivity contribution is 0.102. The first-order valence-corrected chi connectivity index (χ1v) is 11.3. The van der Waals surface area contributed by atoms with Crippen LogP contribution in [0, 0.1) is 0 Å². The maximum atomic E-state index is 13.1. The first-order valence-electron chi connectivity index (χ1n) is 8.89. The highest BCUT2D eigenvalue weighted by molar-refractivity contribution is 7.89. The van der Waals surface area contributed by atoms with E-state index in [9.17, 15) is 13.2 Å². The van der Waals surface area contributed by atoms with Gasteiger partial charge in [-0.05, 0) is 53.5 Å². The molecular weight excluding hydrogens is 404 g/mol. The minimum absolute atomic E-state index is 0.0453. The average Bonchev–Trinajstić information content (AvgIpc) is 3.28. The summed E-state index contributed by atoms with van der Waals surface area (Å²) in [5.74, 6) is -0.364. The van der Waals surface area contributed by atoms with E-state index in [-0.39, 0.29) is 10.8 Å². The molecule has 5 nitrogen and oxygen atoms in total. The molecule has 2 N–H and O–H groups in total. The standard InChI is InChI=1S/C22H18N2O3S2/c1-23-29(26,27)18-10-11-19(21-7-4-12-28-21)20(14-18)22(25)24-17-9-8-15-5-2-3-6-16(15)13-17/h2-14,23H,1H3,(H,24,25). The maximum absolute atomic E-state index is 13.1. The molecule has 0 aliphatic heterocycles. The fourth-order valence-electron chi connectivity index (χ4n) is 3.11. The van der Waals surface area contributed by atoms with Gasteiger partial charge in [0.2, 0.25) is 10.0 Å². The number of benzene rings is 3. The van der Waals surface area contributed by atoms with Crippen LogP contribution in [-0.4, -0.2) is 21.4 Å². The first kappa shape index (κ1) is 19.3. The Morgan fingerprint density at radius 2 is 1.69 bits per heavy atom. The summed E-state index contributed by atoms with van der Waals surface area (Å²) in [4.78, 5) is 14.0. The third-order valence-corrected chi connectivity index (χ3v) is 6.92. The molecule has 0 bridgehead atoms. The Morgan fingerprint density at radius 3 is 2.41 bits per heavy atom. The van der Waals surface area contributed by atoms with Crippen LogP contribution in [0.25, 0.3) is 21.2 Å². The smallest absolute Gasteiger partial charge is 0.256 e. The summed E-state index contributed by atoms with van der Waals surface area (Å²) in [5, 5.41) is 6.90. The molecule has 3 aromatic carbocycles. The molecule has 0 unspecified atom stereocenters. The second kappa shape index (κ2) is 7.79. The Labute approximate surface area is 173 Å². The largest absolute Gasteiger partial charge is 0.322 e. The lowest BCUT2D eigenvalue weighted by atomic mass is 10.0. The number of nitrogens with one attached hydrogen (secondary N) is 2. The second-order valence-electron chi connectivity index (χ2n) is 6.41. The molecule has 4 rings (SSSR count). The quantitative estimate of drug-likeness (QED) is 0.488. The minimum atomic E-state index is -3.67. The lowest BCUT2D eigenvalue weighted by Crippen LogP contribution is -2.20. The van der Waals surface area contributed by atoms with Crippen molar-refractivity contribution in [2.45, 2.75) is 4.90 Å². The normalized spacial score (nSPS) is 11.5. The van der Waals surface area contributed by atoms with Crippen molar-refractivity contribution in [1.82, 2.24) is 4.72 Å². The van der Waals surface area contributed by atoms with E-state index >= 15 is 0 Å². The summed E-state index contributed by atoms with van der Waals surface area (Å²) in [6, 6.07) is 21.9. The second-order valence-corrected chi connectivity index (χ2v) is 9.24. The Bertz CT molecular complexity index is 1300. The van der Waals surface area contributed by atoms with Gasteiger partial charge in [-0.25, -0.2) is 13.1 Å². The summed E-state index contributed by atoms with van der Waals surface area (Å²) in [6.07, 6.45) is 0. The molecule has 0 spiro atoms. The van der Waals surface area contributed by atoms with Crippen molar-refractivity contribution in [1.29, 1.82) is 0 Å². The number of sulfonamides is 1. The van der Waals surface area contributed by atoms with E-state index in [1.54, 1.807) is 6.07 Å². The number of carbonyl (C=O) groups excluding carboxylic acids is 1. The van der Waals surface area contributed by atoms with Gasteiger partial charge >= 0.3 is 0 Å². The predicted octanol–water partition coefficient (Wildman–Crippen LogP) is 4.73. The number of amides is 1. The number of carbonyl (C=O) groups is 1. The maximum Gasteiger partial charge on any atom is 0.256 e. The highest BCUT2D eigenvalue weighted by Crippen LogP contribution is 2.31. The average molecular weight is 423 g/mol. The topological polar surface area (TPSA) is 75.3 Å². The molecule has 0 aliphatic rings. The zero-order valence-corrected chi connectivity index (χ0v) is 17.2. The monoisotopic (exact) mass is 422 g/mol. The fourth-order valence-corrected chi connectivity index (χ4v) is 4.63. The van der Waals surface area contributed by atoms with Crippen molar-refractivity contribution in [3.8, 4) is 10.4 Å². The number of rotatable bonds is 5. The Balaban J connectivity index is 1.76. The van der Waals surface area contributed by atoms with Gasteiger partial charge in [-0.15, -0.1) is 11.3 Å². The molecule has 1 aromatic heterocycles. The van der Waals surface area contributed by atoms with Gasteiger partial charge < -0.3 is 5.32 Å². The minimum Gasteiger partial charge on any atom is -0.322 e. The zero-order valence-electron chi connectivity index (χ0n) is 15.5. The van der Waals surface area contributed by atoms with E-state index in [4.69, 9.17) is 0 Å². The molecule has 0 fully saturated rings. The van der Waals surface area contributed by atoms with Gasteiger partial charge in [0.15, 0.2) is 0 Å². The Morgan fingerprint density at radius 1 is 0.897 bits per heavy atom. The van der Waals surface area contributed by atoms with E-state index in [0.717, 1.165) is 15.6 Å². The fraction of sp³-hybridized carbons (Fsp3) is 0.0455. The van der Waals surface area contributed by atoms with Crippen LogP contribution in [0.3, 0.4) is 0 Å². The van der Waals surface area contributed by atoms with Crippen molar-refractivity contribution >= 4 is 43.7 Å². The Hall–Kier alpha value is -3.00. The molecule has 0 saturated carbocycles. The summed E-state index contributed by atoms with van der Waals surface area (Å²) in [5.41, 5.74) is 1.64. The summed E-state index contributed by atoms with van der Waals surface area (Å²) in [6.45, 7) is 0. The molecule has 146 valence electrons. The van der Waals surface area contributed by atoms with Crippen molar-refractivity contribution in [3.05, 3.63) is 83.7 Å². The van der Waals surface area contributed by atoms with Crippen LogP contribution >= 0.6 is 11.3 Å². The summed E-state index contributed by atoms with van der Waals surface area (Å²) in [7, 11) is -2.32. The number of thiophene rings is 1. The van der Waals surface area contributed by atoms with Gasteiger partial charge in [0, 0.05) is 21.7 Å². The van der Waals surface area contributed by atoms with Crippen molar-refractivity contribution in [2.24, 2.45) is 0 Å². The van der Waals surface area contributed by atoms with Gasteiger partial charge in [0.05, 0.1) is 4.90 Å². The van der Waals surface area contributed by atoms with E-state index in [1.165, 1.54) is 30.5 Å². The molecule has 1 heterocycles. The van der Waals surface area contributed by atoms with E-state index in [0.29, 0.717) is 16.8 Å². The number of fused-ring (bicyclic) bond motifs is 1. The number of hydrogen-bond donors (Lipinski definition) is 2. The van der Waals surface area contributed by atoms with E-state index in [1.807, 2.05) is 60.0 Å². The van der Waals surface area contributed by atoms with Gasteiger partial charge in [0.25, 0.3) is 5.91 Å². The van der Waals surface area contributed by atoms with Crippen LogP contribution in [0.5, 0.6) is 0 Å². The zero-order chi connectivity index (χ0) is 20.4. The summed E-state index contributed by atoms with van der Waals surface area (Å²) >= 11 is 1.49. The van der Waals surface area contributed by atoms with Crippen LogP contribution in [-0.2, 0) is 10.0 Å². The highest BCUT2D eigenvalue weighted by Gasteiger charge is 2.19. The summed E-state index contributed by atoms with van der Waals surface area (Å²) < 4.78 is 26.8. The van der Waals surface area contributed by atoms with E-state index in [2.05, 4.69) is 10.0 Å². The van der Waals surface area contributed by atoms with Gasteiger partial charge in [-0.1, -0.05) is 42.5 Å². The molecule has 4 aromatic rings. The van der Waals surface area contributed by atoms with Crippen LogP contribution in [0.15, 0.2) is 83.1 Å². The van der Waals surface area contributed by atoms with Crippen LogP contribution < -0.4 is 10.0 Å². The molecule has 0 aliphatic carbocycles. The number of hydrogen-bond acceptors (Lipinski definition) is 4. The molecule has 0 radical (unpaired) electrons. The van der Waals surface area contributed by atoms with Crippen LogP contribution in [0.1, 0.15) is 10.4 Å². The SMILES string of the molecule is CNS(=O)(=O)c1ccc(-c2cccs2)c(C(=O)Nc2ccc3ccccc3c2)c1. The van der Waals surface area contributed by atoms with Crippen LogP contribution in [0.4, 0.5) is 5.69 Å². The molecule has 0 saturated heterocycles. The first-order chi connectivity index (χ1) is 14.0. The van der Waals surface area contributed by atoms with Gasteiger partial charge in [-0.3, -0.25) is 4.79 Å². The molecule has 1 amide bonds. The lowest BCUT2D eigenvalue weighted by Gasteiger charge is -2.12. The highest BCUT2D eigenvalue weighted by atomic mass is 32.2. The molecule has 29 heavy (non-hydrogen) atoms. The molecule has 7 heteroatoms. The third-order valence-electron chi connectivity index (χ3n) is 4.61. The van der Waals surface area contributed by atoms with Gasteiger partial charge in [0.1, 0.15) is 0 Å². The number of anilines is 1. The van der Waals surface area contributed by atoms with Gasteiger partial charge in [-0.2, -0.15) is 0 Å². The third kappa shape index (κ3) is 3.93. The van der Waals surface area contributed by atoms with Crippen molar-refractivity contribution in [3.63, 3.8) is 0 Å². The van der Waals surface area contributed by atoms with E-state index < -0.39 is 10.0 Å².